The second kappa shape index (κ2) is 6.26. The van der Waals surface area contributed by atoms with E-state index in [1.807, 2.05) is 23.2 Å². The molecule has 1 aromatic rings. The first-order valence-corrected chi connectivity index (χ1v) is 7.77. The molecular formula is C13H16O2S2. The van der Waals surface area contributed by atoms with Crippen molar-refractivity contribution in [1.82, 2.24) is 0 Å². The molecule has 1 aromatic heterocycles. The summed E-state index contributed by atoms with van der Waals surface area (Å²) in [5, 5.41) is 11.5. The van der Waals surface area contributed by atoms with Crippen LogP contribution in [0.3, 0.4) is 0 Å². The molecule has 0 saturated heterocycles. The zero-order valence-electron chi connectivity index (χ0n) is 9.59. The number of aliphatic carboxylic acids is 1. The summed E-state index contributed by atoms with van der Waals surface area (Å²) in [5.41, 5.74) is 1.06. The van der Waals surface area contributed by atoms with E-state index in [0.29, 0.717) is 0 Å². The maximum absolute atomic E-state index is 10.5. The number of hydrogen-bond donors (Lipinski definition) is 1. The highest BCUT2D eigenvalue weighted by molar-refractivity contribution is 7.99. The predicted octanol–water partition coefficient (Wildman–Crippen LogP) is 4.02. The molecule has 1 N–H and O–H groups in total. The van der Waals surface area contributed by atoms with Crippen LogP contribution in [0.1, 0.15) is 36.1 Å². The normalized spacial score (nSPS) is 16.9. The minimum Gasteiger partial charge on any atom is -0.478 e. The SMILES string of the molecule is O=C(O)C=Cc1ccsc1CSC1CCCC1. The lowest BCUT2D eigenvalue weighted by molar-refractivity contribution is -0.131. The molecule has 1 aliphatic carbocycles. The molecule has 0 spiro atoms. The number of rotatable bonds is 5. The summed E-state index contributed by atoms with van der Waals surface area (Å²) < 4.78 is 0. The molecule has 4 heteroatoms. The molecule has 0 radical (unpaired) electrons. The second-order valence-electron chi connectivity index (χ2n) is 4.19. The zero-order chi connectivity index (χ0) is 12.1. The largest absolute Gasteiger partial charge is 0.478 e. The van der Waals surface area contributed by atoms with Gasteiger partial charge in [-0.2, -0.15) is 11.8 Å². The molecule has 1 saturated carbocycles. The average molecular weight is 268 g/mol. The molecule has 0 aliphatic heterocycles. The highest BCUT2D eigenvalue weighted by Crippen LogP contribution is 2.33. The van der Waals surface area contributed by atoms with E-state index in [2.05, 4.69) is 0 Å². The molecule has 1 aliphatic rings. The van der Waals surface area contributed by atoms with Gasteiger partial charge in [0, 0.05) is 22.0 Å². The summed E-state index contributed by atoms with van der Waals surface area (Å²) in [4.78, 5) is 11.8. The summed E-state index contributed by atoms with van der Waals surface area (Å²) in [6, 6.07) is 1.99. The van der Waals surface area contributed by atoms with Crippen molar-refractivity contribution in [3.8, 4) is 0 Å². The number of thiophene rings is 1. The van der Waals surface area contributed by atoms with Crippen LogP contribution in [0.4, 0.5) is 0 Å². The van der Waals surface area contributed by atoms with Gasteiger partial charge in [0.2, 0.25) is 0 Å². The van der Waals surface area contributed by atoms with Crippen LogP contribution in [0.15, 0.2) is 17.5 Å². The van der Waals surface area contributed by atoms with E-state index in [1.165, 1.54) is 36.6 Å². The third-order valence-corrected chi connectivity index (χ3v) is 5.46. The van der Waals surface area contributed by atoms with Crippen LogP contribution in [0, 0.1) is 0 Å². The first-order chi connectivity index (χ1) is 8.25. The lowest BCUT2D eigenvalue weighted by atomic mass is 10.2. The van der Waals surface area contributed by atoms with E-state index in [4.69, 9.17) is 5.11 Å². The van der Waals surface area contributed by atoms with Crippen LogP contribution < -0.4 is 0 Å². The fraction of sp³-hybridized carbons (Fsp3) is 0.462. The minimum absolute atomic E-state index is 0.813. The van der Waals surface area contributed by atoms with E-state index in [0.717, 1.165) is 16.6 Å². The Labute approximate surface area is 110 Å². The average Bonchev–Trinajstić information content (AvgIpc) is 2.95. The minimum atomic E-state index is -0.884. The Kier molecular flexibility index (Phi) is 4.68. The lowest BCUT2D eigenvalue weighted by Crippen LogP contribution is -1.94. The number of carboxylic acid groups (broad SMARTS) is 1. The van der Waals surface area contributed by atoms with E-state index in [9.17, 15) is 4.79 Å². The third-order valence-electron chi connectivity index (χ3n) is 2.94. The molecule has 0 bridgehead atoms. The van der Waals surface area contributed by atoms with Gasteiger partial charge in [0.25, 0.3) is 0 Å². The smallest absolute Gasteiger partial charge is 0.328 e. The predicted molar refractivity (Wildman–Crippen MR) is 74.5 cm³/mol. The second-order valence-corrected chi connectivity index (χ2v) is 6.48. The topological polar surface area (TPSA) is 37.3 Å². The van der Waals surface area contributed by atoms with Gasteiger partial charge in [-0.3, -0.25) is 0 Å². The van der Waals surface area contributed by atoms with Crippen LogP contribution in [-0.2, 0) is 10.5 Å². The van der Waals surface area contributed by atoms with E-state index in [-0.39, 0.29) is 0 Å². The van der Waals surface area contributed by atoms with Gasteiger partial charge < -0.3 is 5.11 Å². The quantitative estimate of drug-likeness (QED) is 0.819. The Morgan fingerprint density at radius 2 is 2.29 bits per heavy atom. The molecule has 1 heterocycles. The molecule has 17 heavy (non-hydrogen) atoms. The Morgan fingerprint density at radius 3 is 3.00 bits per heavy atom. The summed E-state index contributed by atoms with van der Waals surface area (Å²) >= 11 is 3.74. The first kappa shape index (κ1) is 12.7. The maximum Gasteiger partial charge on any atom is 0.328 e. The Bertz CT molecular complexity index is 403. The summed E-state index contributed by atoms with van der Waals surface area (Å²) in [6.45, 7) is 0. The van der Waals surface area contributed by atoms with Crippen molar-refractivity contribution in [3.63, 3.8) is 0 Å². The van der Waals surface area contributed by atoms with Crippen LogP contribution in [0.5, 0.6) is 0 Å². The number of hydrogen-bond acceptors (Lipinski definition) is 3. The van der Waals surface area contributed by atoms with Gasteiger partial charge in [0.05, 0.1) is 0 Å². The molecule has 0 atom stereocenters. The molecular weight excluding hydrogens is 252 g/mol. The Balaban J connectivity index is 1.91. The van der Waals surface area contributed by atoms with Crippen molar-refractivity contribution in [2.24, 2.45) is 0 Å². The van der Waals surface area contributed by atoms with Crippen molar-refractivity contribution in [3.05, 3.63) is 28.0 Å². The van der Waals surface area contributed by atoms with Crippen molar-refractivity contribution in [2.75, 3.05) is 0 Å². The molecule has 1 fully saturated rings. The van der Waals surface area contributed by atoms with Crippen molar-refractivity contribution in [1.29, 1.82) is 0 Å². The number of carbonyl (C=O) groups is 1. The van der Waals surface area contributed by atoms with Gasteiger partial charge in [-0.15, -0.1) is 11.3 Å². The molecule has 92 valence electrons. The summed E-state index contributed by atoms with van der Waals surface area (Å²) in [5.74, 6) is 0.132. The van der Waals surface area contributed by atoms with Crippen LogP contribution >= 0.6 is 23.1 Å². The van der Waals surface area contributed by atoms with Crippen molar-refractivity contribution >= 4 is 35.1 Å². The van der Waals surface area contributed by atoms with Gasteiger partial charge in [0.1, 0.15) is 0 Å². The molecule has 2 rings (SSSR count). The van der Waals surface area contributed by atoms with E-state index < -0.39 is 5.97 Å². The number of thioether (sulfide) groups is 1. The van der Waals surface area contributed by atoms with Crippen LogP contribution in [-0.4, -0.2) is 16.3 Å². The highest BCUT2D eigenvalue weighted by atomic mass is 32.2. The van der Waals surface area contributed by atoms with Gasteiger partial charge in [-0.1, -0.05) is 12.8 Å². The standard InChI is InChI=1S/C13H16O2S2/c14-13(15)6-5-10-7-8-16-12(10)9-17-11-3-1-2-4-11/h5-8,11H,1-4,9H2,(H,14,15). The first-order valence-electron chi connectivity index (χ1n) is 5.84. The molecule has 2 nitrogen and oxygen atoms in total. The van der Waals surface area contributed by atoms with Crippen LogP contribution in [0.25, 0.3) is 6.08 Å². The van der Waals surface area contributed by atoms with Gasteiger partial charge in [-0.25, -0.2) is 4.79 Å². The zero-order valence-corrected chi connectivity index (χ0v) is 11.2. The number of carboxylic acids is 1. The molecule has 0 aromatic carbocycles. The van der Waals surface area contributed by atoms with Gasteiger partial charge in [-0.05, 0) is 35.9 Å². The monoisotopic (exact) mass is 268 g/mol. The Morgan fingerprint density at radius 1 is 1.53 bits per heavy atom. The van der Waals surface area contributed by atoms with Crippen molar-refractivity contribution < 1.29 is 9.90 Å². The fourth-order valence-corrected chi connectivity index (χ4v) is 4.37. The third kappa shape index (κ3) is 3.89. The fourth-order valence-electron chi connectivity index (χ4n) is 2.03. The van der Waals surface area contributed by atoms with Crippen molar-refractivity contribution in [2.45, 2.75) is 36.7 Å². The maximum atomic E-state index is 10.5. The lowest BCUT2D eigenvalue weighted by Gasteiger charge is -2.07. The summed E-state index contributed by atoms with van der Waals surface area (Å²) in [7, 11) is 0. The van der Waals surface area contributed by atoms with Crippen LogP contribution in [0.2, 0.25) is 0 Å². The van der Waals surface area contributed by atoms with E-state index >= 15 is 0 Å². The molecule has 0 unspecified atom stereocenters. The van der Waals surface area contributed by atoms with Gasteiger partial charge >= 0.3 is 5.97 Å². The highest BCUT2D eigenvalue weighted by Gasteiger charge is 2.15. The summed E-state index contributed by atoms with van der Waals surface area (Å²) in [6.07, 6.45) is 8.34. The van der Waals surface area contributed by atoms with E-state index in [1.54, 1.807) is 17.4 Å². The molecule has 0 amide bonds. The van der Waals surface area contributed by atoms with Gasteiger partial charge in [0.15, 0.2) is 0 Å². The Hall–Kier alpha value is -0.740.